The predicted molar refractivity (Wildman–Crippen MR) is 80.6 cm³/mol. The van der Waals surface area contributed by atoms with E-state index in [1.165, 1.54) is 16.3 Å². The van der Waals surface area contributed by atoms with Gasteiger partial charge in [0, 0.05) is 6.54 Å². The molecule has 2 N–H and O–H groups in total. The second-order valence-electron chi connectivity index (χ2n) is 6.43. The fourth-order valence-corrected chi connectivity index (χ4v) is 2.62. The van der Waals surface area contributed by atoms with Crippen molar-refractivity contribution in [3.63, 3.8) is 0 Å². The van der Waals surface area contributed by atoms with Crippen LogP contribution in [0.3, 0.4) is 0 Å². The predicted octanol–water partition coefficient (Wildman–Crippen LogP) is 4.34. The molecule has 2 heteroatoms. The lowest BCUT2D eigenvalue weighted by molar-refractivity contribution is 0.151. The zero-order valence-electron chi connectivity index (χ0n) is 12.0. The molecule has 2 nitrogen and oxygen atoms in total. The van der Waals surface area contributed by atoms with Gasteiger partial charge in [0.15, 0.2) is 0 Å². The van der Waals surface area contributed by atoms with Gasteiger partial charge in [0.05, 0.1) is 0 Å². The molecule has 0 radical (unpaired) electrons. The summed E-state index contributed by atoms with van der Waals surface area (Å²) in [5.74, 6) is 0.328. The minimum atomic E-state index is 0.243. The smallest absolute Gasteiger partial charge is 0.0276 e. The Labute approximate surface area is 115 Å². The van der Waals surface area contributed by atoms with Gasteiger partial charge in [0.25, 0.3) is 0 Å². The largest absolute Gasteiger partial charge is 0.317 e. The highest BCUT2D eigenvalue weighted by Crippen LogP contribution is 2.32. The van der Waals surface area contributed by atoms with Crippen LogP contribution in [0.25, 0.3) is 10.8 Å². The van der Waals surface area contributed by atoms with E-state index in [4.69, 9.17) is 5.21 Å². The topological polar surface area (TPSA) is 32.3 Å². The van der Waals surface area contributed by atoms with E-state index in [1.54, 1.807) is 0 Å². The molecule has 0 bridgehead atoms. The number of hydrogen-bond donors (Lipinski definition) is 2. The summed E-state index contributed by atoms with van der Waals surface area (Å²) in [5.41, 5.74) is 3.87. The normalized spacial score (nSPS) is 13.7. The highest BCUT2D eigenvalue weighted by Gasteiger charge is 2.20. The zero-order chi connectivity index (χ0) is 13.9. The van der Waals surface area contributed by atoms with E-state index in [-0.39, 0.29) is 5.41 Å². The summed E-state index contributed by atoms with van der Waals surface area (Å²) in [6.45, 7) is 7.30. The van der Waals surface area contributed by atoms with Crippen LogP contribution >= 0.6 is 0 Å². The van der Waals surface area contributed by atoms with Crippen LogP contribution in [-0.2, 0) is 0 Å². The van der Waals surface area contributed by atoms with E-state index in [9.17, 15) is 0 Å². The Morgan fingerprint density at radius 2 is 1.74 bits per heavy atom. The molecule has 0 aliphatic carbocycles. The van der Waals surface area contributed by atoms with Crippen molar-refractivity contribution in [1.29, 1.82) is 0 Å². The summed E-state index contributed by atoms with van der Waals surface area (Å²) in [4.78, 5) is 0. The van der Waals surface area contributed by atoms with Gasteiger partial charge in [-0.15, -0.1) is 0 Å². The molecule has 1 atom stereocenters. The van der Waals surface area contributed by atoms with Gasteiger partial charge in [0.1, 0.15) is 0 Å². The summed E-state index contributed by atoms with van der Waals surface area (Å²) < 4.78 is 0. The average molecular weight is 257 g/mol. The molecule has 2 aromatic carbocycles. The molecule has 0 aliphatic rings. The molecule has 102 valence electrons. The van der Waals surface area contributed by atoms with Crippen LogP contribution in [0.15, 0.2) is 42.5 Å². The SMILES string of the molecule is CC(C)(C)CC(CNO)c1ccc2ccccc2c1. The Hall–Kier alpha value is -1.38. The molecular formula is C17H23NO. The van der Waals surface area contributed by atoms with Crippen LogP contribution in [0, 0.1) is 5.41 Å². The maximum Gasteiger partial charge on any atom is 0.0276 e. The molecule has 0 aromatic heterocycles. The first kappa shape index (κ1) is 14.0. The van der Waals surface area contributed by atoms with Gasteiger partial charge in [0.2, 0.25) is 0 Å². The van der Waals surface area contributed by atoms with Crippen molar-refractivity contribution < 1.29 is 5.21 Å². The van der Waals surface area contributed by atoms with Crippen LogP contribution < -0.4 is 5.48 Å². The van der Waals surface area contributed by atoms with Crippen LogP contribution in [0.5, 0.6) is 0 Å². The van der Waals surface area contributed by atoms with Gasteiger partial charge in [-0.1, -0.05) is 63.2 Å². The summed E-state index contributed by atoms with van der Waals surface area (Å²) >= 11 is 0. The molecule has 1 unspecified atom stereocenters. The Morgan fingerprint density at radius 1 is 1.05 bits per heavy atom. The van der Waals surface area contributed by atoms with Crippen LogP contribution in [0.4, 0.5) is 0 Å². The summed E-state index contributed by atoms with van der Waals surface area (Å²) in [7, 11) is 0. The highest BCUT2D eigenvalue weighted by atomic mass is 16.5. The first-order valence-corrected chi connectivity index (χ1v) is 6.85. The quantitative estimate of drug-likeness (QED) is 0.799. The minimum Gasteiger partial charge on any atom is -0.317 e. The van der Waals surface area contributed by atoms with Crippen molar-refractivity contribution in [2.45, 2.75) is 33.1 Å². The van der Waals surface area contributed by atoms with Gasteiger partial charge in [-0.2, -0.15) is 0 Å². The van der Waals surface area contributed by atoms with E-state index in [0.717, 1.165) is 6.42 Å². The van der Waals surface area contributed by atoms with Crippen molar-refractivity contribution in [2.24, 2.45) is 5.41 Å². The van der Waals surface area contributed by atoms with Crippen molar-refractivity contribution in [1.82, 2.24) is 5.48 Å². The lowest BCUT2D eigenvalue weighted by Crippen LogP contribution is -2.22. The summed E-state index contributed by atoms with van der Waals surface area (Å²) in [6, 6.07) is 15.0. The third kappa shape index (κ3) is 3.79. The molecule has 0 saturated heterocycles. The Balaban J connectivity index is 2.33. The highest BCUT2D eigenvalue weighted by molar-refractivity contribution is 5.83. The molecule has 0 fully saturated rings. The first-order chi connectivity index (χ1) is 8.99. The molecule has 2 rings (SSSR count). The van der Waals surface area contributed by atoms with E-state index in [2.05, 4.69) is 68.7 Å². The van der Waals surface area contributed by atoms with Crippen LogP contribution in [-0.4, -0.2) is 11.8 Å². The molecular weight excluding hydrogens is 234 g/mol. The molecule has 2 aromatic rings. The second-order valence-corrected chi connectivity index (χ2v) is 6.43. The van der Waals surface area contributed by atoms with E-state index in [0.29, 0.717) is 12.5 Å². The van der Waals surface area contributed by atoms with Crippen molar-refractivity contribution in [3.8, 4) is 0 Å². The van der Waals surface area contributed by atoms with Gasteiger partial charge in [-0.05, 0) is 34.1 Å². The second kappa shape index (κ2) is 5.72. The maximum atomic E-state index is 9.06. The standard InChI is InChI=1S/C17H23NO/c1-17(2,3)11-16(12-18-19)15-9-8-13-6-4-5-7-14(13)10-15/h4-10,16,18-19H,11-12H2,1-3H3. The molecule has 0 aliphatic heterocycles. The van der Waals surface area contributed by atoms with Crippen molar-refractivity contribution in [2.75, 3.05) is 6.54 Å². The number of benzene rings is 2. The minimum absolute atomic E-state index is 0.243. The third-order valence-electron chi connectivity index (χ3n) is 3.44. The monoisotopic (exact) mass is 257 g/mol. The Kier molecular flexibility index (Phi) is 4.23. The third-order valence-corrected chi connectivity index (χ3v) is 3.44. The lowest BCUT2D eigenvalue weighted by Gasteiger charge is -2.26. The summed E-state index contributed by atoms with van der Waals surface area (Å²) in [6.07, 6.45) is 1.04. The summed E-state index contributed by atoms with van der Waals surface area (Å²) in [5, 5.41) is 11.6. The molecule has 0 spiro atoms. The van der Waals surface area contributed by atoms with E-state index < -0.39 is 0 Å². The molecule has 0 amide bonds. The van der Waals surface area contributed by atoms with Crippen molar-refractivity contribution >= 4 is 10.8 Å². The van der Waals surface area contributed by atoms with Gasteiger partial charge < -0.3 is 5.21 Å². The van der Waals surface area contributed by atoms with Crippen LogP contribution in [0.1, 0.15) is 38.7 Å². The molecule has 19 heavy (non-hydrogen) atoms. The van der Waals surface area contributed by atoms with E-state index >= 15 is 0 Å². The molecule has 0 heterocycles. The maximum absolute atomic E-state index is 9.06. The fraction of sp³-hybridized carbons (Fsp3) is 0.412. The van der Waals surface area contributed by atoms with E-state index in [1.807, 2.05) is 0 Å². The lowest BCUT2D eigenvalue weighted by atomic mass is 9.81. The van der Waals surface area contributed by atoms with Crippen molar-refractivity contribution in [3.05, 3.63) is 48.0 Å². The molecule has 0 saturated carbocycles. The number of fused-ring (bicyclic) bond motifs is 1. The van der Waals surface area contributed by atoms with Gasteiger partial charge >= 0.3 is 0 Å². The van der Waals surface area contributed by atoms with Gasteiger partial charge in [-0.25, -0.2) is 5.48 Å². The number of rotatable bonds is 4. The van der Waals surface area contributed by atoms with Gasteiger partial charge in [-0.3, -0.25) is 0 Å². The number of hydroxylamine groups is 1. The Morgan fingerprint density at radius 3 is 2.37 bits per heavy atom. The van der Waals surface area contributed by atoms with Crippen LogP contribution in [0.2, 0.25) is 0 Å². The first-order valence-electron chi connectivity index (χ1n) is 6.85. The Bertz CT molecular complexity index is 542. The number of nitrogens with one attached hydrogen (secondary N) is 1. The zero-order valence-corrected chi connectivity index (χ0v) is 12.0. The fourth-order valence-electron chi connectivity index (χ4n) is 2.62. The average Bonchev–Trinajstić information content (AvgIpc) is 2.36. The number of hydrogen-bond acceptors (Lipinski definition) is 2.